The number of aromatic nitrogens is 1. The molecular formula is C22H25N3OS. The number of carbonyl (C=O) groups is 1. The van der Waals surface area contributed by atoms with Gasteiger partial charge in [-0.1, -0.05) is 42.0 Å². The summed E-state index contributed by atoms with van der Waals surface area (Å²) in [6.45, 7) is 7.68. The molecule has 0 bridgehead atoms. The van der Waals surface area contributed by atoms with Crippen LogP contribution in [0.2, 0.25) is 0 Å². The van der Waals surface area contributed by atoms with Crippen LogP contribution in [0.5, 0.6) is 0 Å². The zero-order valence-electron chi connectivity index (χ0n) is 15.9. The maximum absolute atomic E-state index is 12.4. The molecule has 0 aliphatic carbocycles. The van der Waals surface area contributed by atoms with Crippen LogP contribution in [0.15, 0.2) is 42.5 Å². The number of benzene rings is 2. The van der Waals surface area contributed by atoms with Gasteiger partial charge in [0, 0.05) is 12.1 Å². The van der Waals surface area contributed by atoms with Crippen molar-refractivity contribution < 1.29 is 4.79 Å². The lowest BCUT2D eigenvalue weighted by molar-refractivity contribution is 0.102. The van der Waals surface area contributed by atoms with Gasteiger partial charge in [-0.15, -0.1) is 0 Å². The van der Waals surface area contributed by atoms with E-state index in [1.165, 1.54) is 42.8 Å². The number of nitrogens with zero attached hydrogens (tertiary/aromatic N) is 2. The van der Waals surface area contributed by atoms with E-state index >= 15 is 0 Å². The Bertz CT molecular complexity index is 957. The third kappa shape index (κ3) is 4.37. The fourth-order valence-corrected chi connectivity index (χ4v) is 4.48. The molecular weight excluding hydrogens is 354 g/mol. The van der Waals surface area contributed by atoms with Gasteiger partial charge in [-0.25, -0.2) is 4.98 Å². The highest BCUT2D eigenvalue weighted by Crippen LogP contribution is 2.28. The molecule has 4 nitrogen and oxygen atoms in total. The summed E-state index contributed by atoms with van der Waals surface area (Å²) in [4.78, 5) is 19.5. The molecule has 4 rings (SSSR count). The van der Waals surface area contributed by atoms with Crippen LogP contribution in [0.4, 0.5) is 5.13 Å². The molecule has 5 heteroatoms. The largest absolute Gasteiger partial charge is 0.299 e. The maximum atomic E-state index is 12.4. The fourth-order valence-electron chi connectivity index (χ4n) is 3.55. The molecule has 140 valence electrons. The topological polar surface area (TPSA) is 45.2 Å². The minimum Gasteiger partial charge on any atom is -0.299 e. The van der Waals surface area contributed by atoms with Crippen molar-refractivity contribution in [1.82, 2.24) is 9.88 Å². The lowest BCUT2D eigenvalue weighted by Gasteiger charge is -2.30. The summed E-state index contributed by atoms with van der Waals surface area (Å²) in [5.74, 6) is 0.741. The Morgan fingerprint density at radius 2 is 2.04 bits per heavy atom. The molecule has 0 atom stereocenters. The van der Waals surface area contributed by atoms with E-state index in [9.17, 15) is 4.79 Å². The van der Waals surface area contributed by atoms with E-state index in [-0.39, 0.29) is 5.91 Å². The number of likely N-dealkylation sites (tertiary alicyclic amines) is 1. The summed E-state index contributed by atoms with van der Waals surface area (Å²) < 4.78 is 1.12. The first kappa shape index (κ1) is 18.1. The molecule has 0 unspecified atom stereocenters. The first-order chi connectivity index (χ1) is 13.1. The minimum atomic E-state index is -0.111. The van der Waals surface area contributed by atoms with E-state index in [1.807, 2.05) is 31.2 Å². The number of anilines is 1. The number of carbonyl (C=O) groups excluding carboxylic acids is 1. The number of thiazole rings is 1. The summed E-state index contributed by atoms with van der Waals surface area (Å²) >= 11 is 1.54. The molecule has 0 radical (unpaired) electrons. The van der Waals surface area contributed by atoms with Gasteiger partial charge in [0.2, 0.25) is 0 Å². The number of rotatable bonds is 4. The number of amides is 1. The molecule has 1 aromatic heterocycles. The number of hydrogen-bond acceptors (Lipinski definition) is 4. The molecule has 1 saturated heterocycles. The van der Waals surface area contributed by atoms with Crippen molar-refractivity contribution in [2.24, 2.45) is 5.92 Å². The quantitative estimate of drug-likeness (QED) is 0.687. The van der Waals surface area contributed by atoms with Gasteiger partial charge in [0.25, 0.3) is 5.91 Å². The Hall–Kier alpha value is -2.24. The Morgan fingerprint density at radius 3 is 2.81 bits per heavy atom. The van der Waals surface area contributed by atoms with Gasteiger partial charge in [0.1, 0.15) is 0 Å². The van der Waals surface area contributed by atoms with Crippen LogP contribution in [-0.2, 0) is 6.54 Å². The number of piperidine rings is 1. The number of nitrogens with one attached hydrogen (secondary N) is 1. The third-order valence-electron chi connectivity index (χ3n) is 5.24. The Labute approximate surface area is 164 Å². The Morgan fingerprint density at radius 1 is 1.22 bits per heavy atom. The van der Waals surface area contributed by atoms with E-state index in [1.54, 1.807) is 0 Å². The molecule has 0 saturated carbocycles. The van der Waals surface area contributed by atoms with Gasteiger partial charge in [-0.3, -0.25) is 15.0 Å². The highest BCUT2D eigenvalue weighted by Gasteiger charge is 2.16. The van der Waals surface area contributed by atoms with Crippen LogP contribution in [0.1, 0.15) is 41.3 Å². The normalized spacial score (nSPS) is 15.9. The van der Waals surface area contributed by atoms with Crippen LogP contribution in [0, 0.1) is 12.8 Å². The van der Waals surface area contributed by atoms with Crippen molar-refractivity contribution in [3.05, 3.63) is 59.2 Å². The number of fused-ring (bicyclic) bond motifs is 1. The first-order valence-electron chi connectivity index (χ1n) is 9.57. The predicted molar refractivity (Wildman–Crippen MR) is 112 cm³/mol. The van der Waals surface area contributed by atoms with Crippen molar-refractivity contribution in [1.29, 1.82) is 0 Å². The second-order valence-electron chi connectivity index (χ2n) is 7.60. The molecule has 1 amide bonds. The van der Waals surface area contributed by atoms with Gasteiger partial charge >= 0.3 is 0 Å². The summed E-state index contributed by atoms with van der Waals surface area (Å²) in [5.41, 5.74) is 3.99. The summed E-state index contributed by atoms with van der Waals surface area (Å²) in [5, 5.41) is 3.59. The average molecular weight is 380 g/mol. The number of hydrogen-bond donors (Lipinski definition) is 1. The molecule has 3 aromatic rings. The van der Waals surface area contributed by atoms with Gasteiger partial charge < -0.3 is 0 Å². The lowest BCUT2D eigenvalue weighted by atomic mass is 9.99. The molecule has 2 heterocycles. The monoisotopic (exact) mass is 379 g/mol. The smallest absolute Gasteiger partial charge is 0.257 e. The van der Waals surface area contributed by atoms with E-state index in [0.717, 1.165) is 28.2 Å². The third-order valence-corrected chi connectivity index (χ3v) is 6.17. The average Bonchev–Trinajstić information content (AvgIpc) is 3.05. The van der Waals surface area contributed by atoms with Crippen LogP contribution in [0.25, 0.3) is 10.2 Å². The van der Waals surface area contributed by atoms with Crippen LogP contribution < -0.4 is 5.32 Å². The highest BCUT2D eigenvalue weighted by molar-refractivity contribution is 7.22. The minimum absolute atomic E-state index is 0.111. The van der Waals surface area contributed by atoms with Gasteiger partial charge in [-0.2, -0.15) is 0 Å². The molecule has 0 spiro atoms. The van der Waals surface area contributed by atoms with E-state index in [0.29, 0.717) is 10.7 Å². The van der Waals surface area contributed by atoms with Gasteiger partial charge in [0.15, 0.2) is 5.13 Å². The van der Waals surface area contributed by atoms with Crippen molar-refractivity contribution >= 4 is 32.6 Å². The second kappa shape index (κ2) is 7.79. The number of aryl methyl sites for hydroxylation is 1. The molecule has 1 fully saturated rings. The van der Waals surface area contributed by atoms with Gasteiger partial charge in [-0.05, 0) is 68.6 Å². The van der Waals surface area contributed by atoms with Crippen molar-refractivity contribution in [3.8, 4) is 0 Å². The fraction of sp³-hybridized carbons (Fsp3) is 0.364. The molecule has 27 heavy (non-hydrogen) atoms. The Kier molecular flexibility index (Phi) is 5.23. The zero-order valence-corrected chi connectivity index (χ0v) is 16.7. The highest BCUT2D eigenvalue weighted by atomic mass is 32.1. The van der Waals surface area contributed by atoms with E-state index in [4.69, 9.17) is 0 Å². The second-order valence-corrected chi connectivity index (χ2v) is 8.63. The predicted octanol–water partition coefficient (Wildman–Crippen LogP) is 5.09. The van der Waals surface area contributed by atoms with Crippen LogP contribution in [0.3, 0.4) is 0 Å². The lowest BCUT2D eigenvalue weighted by Crippen LogP contribution is -2.32. The van der Waals surface area contributed by atoms with E-state index < -0.39 is 0 Å². The zero-order chi connectivity index (χ0) is 18.8. The van der Waals surface area contributed by atoms with Crippen molar-refractivity contribution in [3.63, 3.8) is 0 Å². The molecule has 1 N–H and O–H groups in total. The SMILES string of the molecule is Cc1cccc(C(=O)Nc2nc3ccc(CN4CCC(C)CC4)cc3s2)c1. The maximum Gasteiger partial charge on any atom is 0.257 e. The molecule has 1 aliphatic heterocycles. The standard InChI is InChI=1S/C22H25N3OS/c1-15-8-10-25(11-9-15)14-17-6-7-19-20(13-17)27-22(23-19)24-21(26)18-5-3-4-16(2)12-18/h3-7,12-13,15H,8-11,14H2,1-2H3,(H,23,24,26). The Balaban J connectivity index is 1.46. The van der Waals surface area contributed by atoms with Crippen LogP contribution >= 0.6 is 11.3 Å². The van der Waals surface area contributed by atoms with E-state index in [2.05, 4.69) is 40.3 Å². The summed E-state index contributed by atoms with van der Waals surface area (Å²) in [7, 11) is 0. The van der Waals surface area contributed by atoms with Crippen molar-refractivity contribution in [2.45, 2.75) is 33.2 Å². The first-order valence-corrected chi connectivity index (χ1v) is 10.4. The summed E-state index contributed by atoms with van der Waals surface area (Å²) in [6, 6.07) is 14.0. The van der Waals surface area contributed by atoms with Gasteiger partial charge in [0.05, 0.1) is 10.2 Å². The van der Waals surface area contributed by atoms with Crippen molar-refractivity contribution in [2.75, 3.05) is 18.4 Å². The summed E-state index contributed by atoms with van der Waals surface area (Å²) in [6.07, 6.45) is 2.58. The van der Waals surface area contributed by atoms with Crippen LogP contribution in [-0.4, -0.2) is 28.9 Å². The molecule has 1 aliphatic rings. The molecule has 2 aromatic carbocycles.